The number of ether oxygens (including phenoxy) is 7. The number of nitro groups is 3. The zero-order valence-electron chi connectivity index (χ0n) is 56.1. The average molecular weight is 1670 g/mol. The number of nitro benzene ring substituents is 3. The molecule has 3 heterocycles. The molecule has 5 aromatic rings. The summed E-state index contributed by atoms with van der Waals surface area (Å²) in [6.07, 6.45) is 2.56. The molecule has 7 N–H and O–H groups in total. The Hall–Kier alpha value is -5.48. The van der Waals surface area contributed by atoms with Crippen molar-refractivity contribution in [2.45, 2.75) is 126 Å². The minimum absolute atomic E-state index is 0. The predicted octanol–water partition coefficient (Wildman–Crippen LogP) is 10.1. The molecule has 32 heteroatoms. The molecular weight excluding hydrogens is 1570 g/mol. The summed E-state index contributed by atoms with van der Waals surface area (Å²) in [5, 5.41) is 57.5. The van der Waals surface area contributed by atoms with Crippen LogP contribution in [-0.2, 0) is 74.0 Å². The molecule has 25 nitrogen and oxygen atoms in total. The maximum Gasteiger partial charge on any atom is 1.00 e. The van der Waals surface area contributed by atoms with Gasteiger partial charge < -0.3 is 61.4 Å². The molecular formula is C67H100AlBr4FLiN5O20. The Balaban J connectivity index is -0.000000259. The van der Waals surface area contributed by atoms with E-state index in [1.165, 1.54) is 74.2 Å². The molecule has 0 radical (unpaired) electrons. The first-order valence-corrected chi connectivity index (χ1v) is 32.5. The number of carbonyl (C=O) groups excluding carboxylic acids is 4. The Morgan fingerprint density at radius 1 is 0.576 bits per heavy atom. The second-order valence-electron chi connectivity index (χ2n) is 21.5. The minimum Gasteiger partial charge on any atom is -1.00 e. The van der Waals surface area contributed by atoms with Crippen LogP contribution in [0, 0.1) is 42.1 Å². The fourth-order valence-corrected chi connectivity index (χ4v) is 10.8. The predicted molar refractivity (Wildman–Crippen MR) is 397 cm³/mol. The van der Waals surface area contributed by atoms with Crippen LogP contribution >= 0.6 is 63.7 Å². The summed E-state index contributed by atoms with van der Waals surface area (Å²) < 4.78 is 49.0. The monoisotopic (exact) mass is 1660 g/mol. The summed E-state index contributed by atoms with van der Waals surface area (Å²) in [4.78, 5) is 76.2. The van der Waals surface area contributed by atoms with Gasteiger partial charge in [-0.2, -0.15) is 0 Å². The van der Waals surface area contributed by atoms with Crippen molar-refractivity contribution in [3.63, 3.8) is 0 Å². The van der Waals surface area contributed by atoms with E-state index in [1.54, 1.807) is 41.5 Å². The first-order chi connectivity index (χ1) is 44.2. The standard InChI is InChI=1S/C14H16BrNO6.C10H12BrNO4.C10H12BrNO.C10H13NO.C8H14O4.C6H3BrFNO2.C4H8O.C2H6O.3CH4.Al.Li.4H/c1-4-21-12(17)14(3,13(18)22-5-2)10-7-6-9(16(19)20)8-11(10)15;1-10(5-13,6-14)8-3-2-7(12(15)16)4-9(8)11;1-10(5-13-6-10)8-3-2-7(12)4-9(8)11;1-10(6-12-7-10)8-2-4-9(11)5-3-8;1-4-11-7(9)6(3)8(10)12-5-2;7-5-3-4(9(10)11)1-2-6(5)8;1-2-4-5-3-1;1-2-3;;;;;;;;;/h6-8H,4-5H2,1-3H3;2-4,13-14H,5-6H2,1H3;2-4H,5-6,12H2,1H3;2-5H,6-7,11H2,1H3;6H,4-5H2,1-3H3;1-3H;1-4H2;3H,2H2,1H3;3*1H4;;;;;;/q;;;;;;;;;;;;+1;;;;-1. The molecule has 8 rings (SSSR count). The van der Waals surface area contributed by atoms with Crippen molar-refractivity contribution in [2.24, 2.45) is 5.92 Å². The molecule has 3 fully saturated rings. The zero-order chi connectivity index (χ0) is 71.6. The fourth-order valence-electron chi connectivity index (χ4n) is 7.99. The van der Waals surface area contributed by atoms with Crippen LogP contribution in [0.3, 0.4) is 0 Å². The summed E-state index contributed by atoms with van der Waals surface area (Å²) in [7, 11) is 0. The molecule has 0 amide bonds. The molecule has 552 valence electrons. The normalized spacial score (nSPS) is 12.9. The van der Waals surface area contributed by atoms with Crippen LogP contribution in [0.2, 0.25) is 0 Å². The number of rotatable bonds is 17. The number of hydrogen-bond donors (Lipinski definition) is 5. The average Bonchev–Trinajstić information content (AvgIpc) is 0.879. The van der Waals surface area contributed by atoms with Crippen molar-refractivity contribution in [2.75, 3.05) is 97.4 Å². The molecule has 0 unspecified atom stereocenters. The molecule has 0 aliphatic carbocycles. The number of benzene rings is 5. The number of esters is 4. The van der Waals surface area contributed by atoms with Gasteiger partial charge >= 0.3 is 42.7 Å². The van der Waals surface area contributed by atoms with Gasteiger partial charge in [0.05, 0.1) is 85.3 Å². The third kappa shape index (κ3) is 33.0. The summed E-state index contributed by atoms with van der Waals surface area (Å²) >= 11 is 12.7. The van der Waals surface area contributed by atoms with Crippen LogP contribution in [0.5, 0.6) is 0 Å². The van der Waals surface area contributed by atoms with E-state index in [1.807, 2.05) is 24.3 Å². The first-order valence-electron chi connectivity index (χ1n) is 29.3. The van der Waals surface area contributed by atoms with Crippen LogP contribution in [-0.4, -0.2) is 157 Å². The van der Waals surface area contributed by atoms with E-state index in [4.69, 9.17) is 40.3 Å². The van der Waals surface area contributed by atoms with Crippen molar-refractivity contribution in [1.29, 1.82) is 0 Å². The first kappa shape index (κ1) is 102. The minimum atomic E-state index is -1.71. The Morgan fingerprint density at radius 2 is 0.939 bits per heavy atom. The zero-order valence-corrected chi connectivity index (χ0v) is 61.4. The molecule has 3 saturated heterocycles. The van der Waals surface area contributed by atoms with Gasteiger partial charge in [-0.3, -0.25) is 49.5 Å². The Kier molecular flexibility index (Phi) is 53.3. The van der Waals surface area contributed by atoms with Crippen molar-refractivity contribution in [3.05, 3.63) is 173 Å². The number of carbonyl (C=O) groups is 4. The molecule has 99 heavy (non-hydrogen) atoms. The van der Waals surface area contributed by atoms with E-state index in [0.29, 0.717) is 10.0 Å². The number of nitrogens with two attached hydrogens (primary N) is 2. The molecule has 0 spiro atoms. The third-order valence-corrected chi connectivity index (χ3v) is 16.3. The van der Waals surface area contributed by atoms with E-state index >= 15 is 0 Å². The van der Waals surface area contributed by atoms with Gasteiger partial charge in [-0.15, -0.1) is 0 Å². The summed E-state index contributed by atoms with van der Waals surface area (Å²) in [5.74, 6) is -3.93. The number of anilines is 2. The molecule has 5 aromatic carbocycles. The second kappa shape index (κ2) is 51.6. The van der Waals surface area contributed by atoms with Crippen molar-refractivity contribution >= 4 is 133 Å². The largest absolute Gasteiger partial charge is 1.00 e. The van der Waals surface area contributed by atoms with Gasteiger partial charge in [0, 0.05) is 97.3 Å². The van der Waals surface area contributed by atoms with Gasteiger partial charge in [-0.25, -0.2) is 4.39 Å². The quantitative estimate of drug-likeness (QED) is 0.0110. The van der Waals surface area contributed by atoms with Gasteiger partial charge in [0.15, 0.2) is 28.7 Å². The van der Waals surface area contributed by atoms with Crippen LogP contribution < -0.4 is 30.3 Å². The fraction of sp³-hybridized carbons (Fsp3) is 0.493. The van der Waals surface area contributed by atoms with E-state index in [0.717, 1.165) is 73.7 Å². The number of halogens is 5. The SMILES string of the molecule is C.C.C.C1CCOC1.CC(CO)(CO)c1ccc([N+](=O)[O-])cc1Br.CC1(c2ccc(N)cc2)COC1.CC1(c2ccc(N)cc2Br)COC1.CCO.CCOC(=O)C(C)(C(=O)OCC)c1ccc([N+](=O)[O-])cc1Br.CCOC(=O)C(C)C(=O)OCC.O=[N+]([O-])c1ccc(F)c(Br)c1.[AlH3].[H-].[Li+]. The number of nitrogens with zero attached hydrogens (tertiary/aromatic N) is 3. The molecule has 0 saturated carbocycles. The smallest absolute Gasteiger partial charge is 1.00 e. The number of non-ortho nitro benzene ring substituents is 3. The number of hydrogen-bond acceptors (Lipinski definition) is 22. The van der Waals surface area contributed by atoms with Crippen LogP contribution in [0.4, 0.5) is 32.8 Å². The van der Waals surface area contributed by atoms with E-state index in [-0.39, 0.29) is 149 Å². The third-order valence-electron chi connectivity index (χ3n) is 13.7. The molecule has 3 aliphatic heterocycles. The van der Waals surface area contributed by atoms with Crippen LogP contribution in [0.15, 0.2) is 115 Å². The number of aliphatic hydroxyl groups excluding tert-OH is 3. The summed E-state index contributed by atoms with van der Waals surface area (Å²) in [6, 6.07) is 25.3. The molecule has 3 aliphatic rings. The Morgan fingerprint density at radius 3 is 1.24 bits per heavy atom. The Labute approximate surface area is 638 Å². The molecule has 0 bridgehead atoms. The maximum atomic E-state index is 12.5. The summed E-state index contributed by atoms with van der Waals surface area (Å²) in [5.41, 5.74) is 13.9. The van der Waals surface area contributed by atoms with Gasteiger partial charge in [0.1, 0.15) is 5.82 Å². The van der Waals surface area contributed by atoms with Crippen molar-refractivity contribution in [1.82, 2.24) is 0 Å². The van der Waals surface area contributed by atoms with E-state index in [2.05, 4.69) is 105 Å². The van der Waals surface area contributed by atoms with E-state index < -0.39 is 61.2 Å². The number of aliphatic hydroxyl groups is 3. The molecule has 0 atom stereocenters. The van der Waals surface area contributed by atoms with Gasteiger partial charge in [-0.1, -0.05) is 115 Å². The maximum absolute atomic E-state index is 12.5. The number of nitrogen functional groups attached to an aromatic ring is 2. The van der Waals surface area contributed by atoms with Gasteiger partial charge in [-0.05, 0) is 136 Å². The summed E-state index contributed by atoms with van der Waals surface area (Å²) in [6.45, 7) is 23.0. The van der Waals surface area contributed by atoms with Crippen molar-refractivity contribution in [3.8, 4) is 0 Å². The van der Waals surface area contributed by atoms with Crippen LogP contribution in [0.1, 0.15) is 128 Å². The van der Waals surface area contributed by atoms with Crippen molar-refractivity contribution < 1.29 is 107 Å². The van der Waals surface area contributed by atoms with E-state index in [9.17, 15) is 64.1 Å². The Bertz CT molecular complexity index is 3220. The molecule has 0 aromatic heterocycles. The van der Waals surface area contributed by atoms with Crippen LogP contribution in [0.25, 0.3) is 0 Å². The second-order valence-corrected chi connectivity index (χ2v) is 24.9. The topological polar surface area (TPSA) is 375 Å². The van der Waals surface area contributed by atoms with Gasteiger partial charge in [0.25, 0.3) is 17.1 Å². The van der Waals surface area contributed by atoms with Gasteiger partial charge in [0.2, 0.25) is 0 Å².